The monoisotopic (exact) mass is 421 g/mol. The van der Waals surface area contributed by atoms with Gasteiger partial charge in [-0.05, 0) is 42.0 Å². The summed E-state index contributed by atoms with van der Waals surface area (Å²) in [5.74, 6) is 0.169. The van der Waals surface area contributed by atoms with Gasteiger partial charge in [0.1, 0.15) is 11.6 Å². The number of fused-ring (bicyclic) bond motifs is 3. The number of nitrogens with one attached hydrogen (secondary N) is 1. The summed E-state index contributed by atoms with van der Waals surface area (Å²) in [5.41, 5.74) is 3.24. The van der Waals surface area contributed by atoms with Gasteiger partial charge in [-0.15, -0.1) is 0 Å². The number of anilines is 1. The smallest absolute Gasteiger partial charge is 0.317 e. The highest BCUT2D eigenvalue weighted by Gasteiger charge is 2.23. The molecular formula is C23H21F2N5O. The summed E-state index contributed by atoms with van der Waals surface area (Å²) in [6.07, 6.45) is 1.94. The maximum atomic E-state index is 13.8. The highest BCUT2D eigenvalue weighted by atomic mass is 19.1. The highest BCUT2D eigenvalue weighted by Crippen LogP contribution is 2.26. The van der Waals surface area contributed by atoms with Gasteiger partial charge in [0.2, 0.25) is 0 Å². The first-order valence-electron chi connectivity index (χ1n) is 10.2. The Hall–Kier alpha value is -3.68. The molecule has 2 aromatic heterocycles. The largest absolute Gasteiger partial charge is 0.351 e. The second kappa shape index (κ2) is 7.86. The zero-order valence-corrected chi connectivity index (χ0v) is 16.8. The van der Waals surface area contributed by atoms with Crippen molar-refractivity contribution in [2.75, 3.05) is 31.1 Å². The fraction of sp³-hybridized carbons (Fsp3) is 0.217. The number of aromatic nitrogens is 2. The van der Waals surface area contributed by atoms with Crippen molar-refractivity contribution < 1.29 is 13.6 Å². The van der Waals surface area contributed by atoms with E-state index < -0.39 is 0 Å². The van der Waals surface area contributed by atoms with E-state index in [2.05, 4.69) is 10.2 Å². The van der Waals surface area contributed by atoms with Crippen LogP contribution in [0.1, 0.15) is 5.56 Å². The number of urea groups is 1. The van der Waals surface area contributed by atoms with Gasteiger partial charge in [0.05, 0.1) is 16.6 Å². The minimum absolute atomic E-state index is 0.148. The molecule has 8 heteroatoms. The SMILES string of the molecule is O=C(NCc1ccc(F)cc1)N1CCN(c2nc3cc(F)ccc3n3cccc23)CC1. The number of amides is 2. The lowest BCUT2D eigenvalue weighted by atomic mass is 10.2. The summed E-state index contributed by atoms with van der Waals surface area (Å²) in [6.45, 7) is 2.69. The lowest BCUT2D eigenvalue weighted by Gasteiger charge is -2.35. The van der Waals surface area contributed by atoms with Gasteiger partial charge in [0.15, 0.2) is 5.82 Å². The molecule has 4 aromatic rings. The van der Waals surface area contributed by atoms with E-state index in [0.29, 0.717) is 38.2 Å². The molecule has 2 amide bonds. The molecule has 0 bridgehead atoms. The zero-order valence-electron chi connectivity index (χ0n) is 16.8. The standard InChI is InChI=1S/C23H21F2N5O/c24-17-5-3-16(4-6-17)15-26-23(31)29-12-10-28(11-13-29)22-21-2-1-9-30(21)20-8-7-18(25)14-19(20)27-22/h1-9,14H,10-13,15H2,(H,26,31). The molecule has 31 heavy (non-hydrogen) atoms. The van der Waals surface area contributed by atoms with Crippen LogP contribution < -0.4 is 10.2 Å². The average Bonchev–Trinajstić information content (AvgIpc) is 3.28. The van der Waals surface area contributed by atoms with Gasteiger partial charge in [-0.2, -0.15) is 0 Å². The fourth-order valence-electron chi connectivity index (χ4n) is 3.98. The maximum Gasteiger partial charge on any atom is 0.317 e. The Kier molecular flexibility index (Phi) is 4.89. The second-order valence-corrected chi connectivity index (χ2v) is 7.59. The van der Waals surface area contributed by atoms with Gasteiger partial charge in [-0.1, -0.05) is 12.1 Å². The molecule has 0 saturated carbocycles. The summed E-state index contributed by atoms with van der Waals surface area (Å²) in [7, 11) is 0. The van der Waals surface area contributed by atoms with E-state index in [-0.39, 0.29) is 17.7 Å². The Balaban J connectivity index is 1.28. The number of halogens is 2. The first kappa shape index (κ1) is 19.3. The van der Waals surface area contributed by atoms with Crippen LogP contribution in [-0.2, 0) is 6.54 Å². The molecule has 6 nitrogen and oxygen atoms in total. The molecule has 0 atom stereocenters. The normalized spacial score (nSPS) is 14.4. The molecule has 0 unspecified atom stereocenters. The number of benzene rings is 2. The molecule has 5 rings (SSSR count). The zero-order chi connectivity index (χ0) is 21.4. The van der Waals surface area contributed by atoms with Gasteiger partial charge < -0.3 is 19.5 Å². The molecule has 1 aliphatic rings. The Morgan fingerprint density at radius 1 is 0.935 bits per heavy atom. The first-order valence-corrected chi connectivity index (χ1v) is 10.2. The van der Waals surface area contributed by atoms with E-state index in [0.717, 1.165) is 22.4 Å². The Morgan fingerprint density at radius 2 is 1.68 bits per heavy atom. The van der Waals surface area contributed by atoms with Crippen LogP contribution in [0, 0.1) is 11.6 Å². The van der Waals surface area contributed by atoms with Crippen LogP contribution in [-0.4, -0.2) is 46.5 Å². The van der Waals surface area contributed by atoms with Gasteiger partial charge >= 0.3 is 6.03 Å². The number of rotatable bonds is 3. The Morgan fingerprint density at radius 3 is 2.45 bits per heavy atom. The first-order chi connectivity index (χ1) is 15.1. The van der Waals surface area contributed by atoms with Crippen molar-refractivity contribution in [1.29, 1.82) is 0 Å². The molecular weight excluding hydrogens is 400 g/mol. The van der Waals surface area contributed by atoms with Crippen molar-refractivity contribution in [3.05, 3.63) is 78.0 Å². The van der Waals surface area contributed by atoms with Gasteiger partial charge in [-0.25, -0.2) is 18.6 Å². The highest BCUT2D eigenvalue weighted by molar-refractivity contribution is 5.85. The molecule has 158 valence electrons. The average molecular weight is 421 g/mol. The van der Waals surface area contributed by atoms with E-state index in [9.17, 15) is 13.6 Å². The predicted molar refractivity (Wildman–Crippen MR) is 115 cm³/mol. The Bertz CT molecular complexity index is 1250. The summed E-state index contributed by atoms with van der Waals surface area (Å²) in [5, 5.41) is 2.88. The summed E-state index contributed by atoms with van der Waals surface area (Å²) >= 11 is 0. The van der Waals surface area contributed by atoms with Crippen LogP contribution in [0.15, 0.2) is 60.8 Å². The van der Waals surface area contributed by atoms with Crippen LogP contribution in [0.2, 0.25) is 0 Å². The molecule has 1 aliphatic heterocycles. The maximum absolute atomic E-state index is 13.8. The number of hydrogen-bond donors (Lipinski definition) is 1. The number of carbonyl (C=O) groups is 1. The van der Waals surface area contributed by atoms with Gasteiger partial charge in [0, 0.05) is 45.0 Å². The second-order valence-electron chi connectivity index (χ2n) is 7.59. The van der Waals surface area contributed by atoms with Crippen molar-refractivity contribution in [3.63, 3.8) is 0 Å². The molecule has 3 heterocycles. The third kappa shape index (κ3) is 3.76. The lowest BCUT2D eigenvalue weighted by molar-refractivity contribution is 0.194. The summed E-state index contributed by atoms with van der Waals surface area (Å²) in [6, 6.07) is 14.5. The minimum Gasteiger partial charge on any atom is -0.351 e. The molecule has 1 N–H and O–H groups in total. The third-order valence-corrected chi connectivity index (χ3v) is 5.62. The van der Waals surface area contributed by atoms with Crippen LogP contribution in [0.4, 0.5) is 19.4 Å². The van der Waals surface area contributed by atoms with E-state index in [1.807, 2.05) is 22.7 Å². The number of nitrogens with zero attached hydrogens (tertiary/aromatic N) is 4. The third-order valence-electron chi connectivity index (χ3n) is 5.62. The number of hydrogen-bond acceptors (Lipinski definition) is 3. The molecule has 0 spiro atoms. The van der Waals surface area contributed by atoms with Crippen molar-refractivity contribution in [2.24, 2.45) is 0 Å². The summed E-state index contributed by atoms with van der Waals surface area (Å²) < 4.78 is 28.8. The van der Waals surface area contributed by atoms with Crippen LogP contribution in [0.5, 0.6) is 0 Å². The quantitative estimate of drug-likeness (QED) is 0.548. The number of piperazine rings is 1. The minimum atomic E-state index is -0.319. The molecule has 1 fully saturated rings. The Labute approximate surface area is 177 Å². The lowest BCUT2D eigenvalue weighted by Crippen LogP contribution is -2.52. The van der Waals surface area contributed by atoms with Crippen molar-refractivity contribution in [1.82, 2.24) is 19.6 Å². The van der Waals surface area contributed by atoms with E-state index in [4.69, 9.17) is 4.98 Å². The van der Waals surface area contributed by atoms with Gasteiger partial charge in [0.25, 0.3) is 0 Å². The number of carbonyl (C=O) groups excluding carboxylic acids is 1. The molecule has 2 aromatic carbocycles. The van der Waals surface area contributed by atoms with Crippen molar-refractivity contribution in [2.45, 2.75) is 6.54 Å². The van der Waals surface area contributed by atoms with Crippen LogP contribution in [0.25, 0.3) is 16.6 Å². The van der Waals surface area contributed by atoms with E-state index >= 15 is 0 Å². The van der Waals surface area contributed by atoms with Gasteiger partial charge in [-0.3, -0.25) is 0 Å². The molecule has 0 aliphatic carbocycles. The fourth-order valence-corrected chi connectivity index (χ4v) is 3.98. The predicted octanol–water partition coefficient (Wildman–Crippen LogP) is 3.80. The topological polar surface area (TPSA) is 52.9 Å². The van der Waals surface area contributed by atoms with E-state index in [1.165, 1.54) is 24.3 Å². The van der Waals surface area contributed by atoms with Crippen molar-refractivity contribution in [3.8, 4) is 0 Å². The molecule has 0 radical (unpaired) electrons. The van der Waals surface area contributed by atoms with Crippen molar-refractivity contribution >= 4 is 28.4 Å². The van der Waals surface area contributed by atoms with E-state index in [1.54, 1.807) is 23.1 Å². The van der Waals surface area contributed by atoms with Crippen LogP contribution >= 0.6 is 0 Å². The summed E-state index contributed by atoms with van der Waals surface area (Å²) in [4.78, 5) is 21.1. The molecule has 1 saturated heterocycles. The van der Waals surface area contributed by atoms with Crippen LogP contribution in [0.3, 0.4) is 0 Å².